The topological polar surface area (TPSA) is 98.6 Å². The van der Waals surface area contributed by atoms with Crippen molar-refractivity contribution in [2.45, 2.75) is 19.1 Å². The predicted molar refractivity (Wildman–Crippen MR) is 54.7 cm³/mol. The van der Waals surface area contributed by atoms with Gasteiger partial charge in [-0.05, 0) is 17.5 Å². The number of carboxylic acid groups (broad SMARTS) is 1. The first-order valence-corrected chi connectivity index (χ1v) is 4.51. The van der Waals surface area contributed by atoms with E-state index in [9.17, 15) is 4.79 Å². The van der Waals surface area contributed by atoms with Crippen LogP contribution in [0.25, 0.3) is 0 Å². The molecule has 1 rings (SSSR count). The molecule has 1 atom stereocenters. The first-order chi connectivity index (χ1) is 7.13. The summed E-state index contributed by atoms with van der Waals surface area (Å²) in [5.74, 6) is 3.93. The third kappa shape index (κ3) is 3.67. The third-order valence-corrected chi connectivity index (χ3v) is 2.05. The van der Waals surface area contributed by atoms with Gasteiger partial charge in [-0.1, -0.05) is 24.3 Å². The minimum Gasteiger partial charge on any atom is -0.480 e. The summed E-state index contributed by atoms with van der Waals surface area (Å²) in [6, 6.07) is 6.43. The van der Waals surface area contributed by atoms with Crippen molar-refractivity contribution in [3.8, 4) is 0 Å². The first kappa shape index (κ1) is 11.6. The molecule has 0 saturated heterocycles. The zero-order valence-corrected chi connectivity index (χ0v) is 8.22. The highest BCUT2D eigenvalue weighted by molar-refractivity contribution is 5.73. The molecule has 0 aromatic heterocycles. The molecule has 1 aromatic carbocycles. The predicted octanol–water partition coefficient (Wildman–Crippen LogP) is 0.0313. The summed E-state index contributed by atoms with van der Waals surface area (Å²) in [6.45, 7) is 0.339. The van der Waals surface area contributed by atoms with Gasteiger partial charge < -0.3 is 10.8 Å². The van der Waals surface area contributed by atoms with E-state index in [0.29, 0.717) is 13.0 Å². The normalized spacial score (nSPS) is 12.4. The summed E-state index contributed by atoms with van der Waals surface area (Å²) in [7, 11) is 0. The average molecular weight is 210 g/mol. The van der Waals surface area contributed by atoms with Crippen molar-refractivity contribution in [1.29, 1.82) is 0 Å². The Morgan fingerprint density at radius 1 is 1.33 bits per heavy atom. The number of aliphatic carboxylic acids is 1. The van der Waals surface area contributed by atoms with Crippen LogP contribution >= 0.6 is 0 Å². The van der Waals surface area contributed by atoms with Crippen molar-refractivity contribution in [3.63, 3.8) is 0 Å². The van der Waals surface area contributed by atoms with Gasteiger partial charge in [-0.3, -0.25) is 9.63 Å². The fourth-order valence-electron chi connectivity index (χ4n) is 1.21. The van der Waals surface area contributed by atoms with E-state index < -0.39 is 12.0 Å². The van der Waals surface area contributed by atoms with E-state index in [4.69, 9.17) is 16.7 Å². The highest BCUT2D eigenvalue weighted by Crippen LogP contribution is 2.07. The number of carbonyl (C=O) groups is 1. The maximum absolute atomic E-state index is 10.5. The Labute approximate surface area is 87.6 Å². The van der Waals surface area contributed by atoms with Gasteiger partial charge in [-0.25, -0.2) is 5.90 Å². The Balaban J connectivity index is 2.60. The maximum Gasteiger partial charge on any atom is 0.320 e. The van der Waals surface area contributed by atoms with Gasteiger partial charge in [0.1, 0.15) is 6.04 Å². The molecule has 0 spiro atoms. The Kier molecular flexibility index (Phi) is 4.23. The third-order valence-electron chi connectivity index (χ3n) is 2.05. The number of hydrogen-bond acceptors (Lipinski definition) is 4. The molecule has 5 N–H and O–H groups in total. The smallest absolute Gasteiger partial charge is 0.320 e. The van der Waals surface area contributed by atoms with Crippen LogP contribution in [-0.2, 0) is 22.7 Å². The lowest BCUT2D eigenvalue weighted by molar-refractivity contribution is -0.138. The highest BCUT2D eigenvalue weighted by Gasteiger charge is 2.11. The molecule has 0 aliphatic rings. The second-order valence-corrected chi connectivity index (χ2v) is 3.28. The minimum atomic E-state index is -0.996. The molecule has 0 heterocycles. The van der Waals surface area contributed by atoms with Gasteiger partial charge in [0.15, 0.2) is 0 Å². The number of rotatable bonds is 5. The molecule has 0 fully saturated rings. The molecule has 0 bridgehead atoms. The Morgan fingerprint density at radius 2 is 1.87 bits per heavy atom. The lowest BCUT2D eigenvalue weighted by Gasteiger charge is -2.06. The quantitative estimate of drug-likeness (QED) is 0.595. The Morgan fingerprint density at radius 3 is 2.33 bits per heavy atom. The van der Waals surface area contributed by atoms with Crippen LogP contribution in [0.5, 0.6) is 0 Å². The highest BCUT2D eigenvalue weighted by atomic mass is 16.6. The van der Waals surface area contributed by atoms with Gasteiger partial charge in [-0.15, -0.1) is 0 Å². The van der Waals surface area contributed by atoms with Crippen LogP contribution in [-0.4, -0.2) is 17.1 Å². The zero-order chi connectivity index (χ0) is 11.3. The average Bonchev–Trinajstić information content (AvgIpc) is 2.21. The minimum absolute atomic E-state index is 0.319. The monoisotopic (exact) mass is 210 g/mol. The van der Waals surface area contributed by atoms with Crippen molar-refractivity contribution in [2.24, 2.45) is 11.6 Å². The summed E-state index contributed by atoms with van der Waals surface area (Å²) in [5.41, 5.74) is 7.22. The number of benzene rings is 1. The van der Waals surface area contributed by atoms with E-state index in [1.54, 1.807) is 0 Å². The standard InChI is InChI=1S/C10H14N2O3/c11-9(10(13)14)5-7-1-3-8(4-2-7)6-15-12/h1-4,9H,5-6,11-12H2,(H,13,14). The van der Waals surface area contributed by atoms with Gasteiger partial charge in [0.05, 0.1) is 6.61 Å². The molecular formula is C10H14N2O3. The molecule has 82 valence electrons. The fraction of sp³-hybridized carbons (Fsp3) is 0.300. The molecule has 15 heavy (non-hydrogen) atoms. The van der Waals surface area contributed by atoms with Gasteiger partial charge >= 0.3 is 5.97 Å². The fourth-order valence-corrected chi connectivity index (χ4v) is 1.21. The second-order valence-electron chi connectivity index (χ2n) is 3.28. The lowest BCUT2D eigenvalue weighted by atomic mass is 10.1. The Bertz CT molecular complexity index is 324. The van der Waals surface area contributed by atoms with Crippen LogP contribution in [0.1, 0.15) is 11.1 Å². The molecular weight excluding hydrogens is 196 g/mol. The van der Waals surface area contributed by atoms with Crippen LogP contribution in [0.2, 0.25) is 0 Å². The molecule has 1 aromatic rings. The van der Waals surface area contributed by atoms with Crippen LogP contribution in [0.15, 0.2) is 24.3 Å². The molecule has 5 heteroatoms. The molecule has 1 unspecified atom stereocenters. The molecule has 0 radical (unpaired) electrons. The zero-order valence-electron chi connectivity index (χ0n) is 8.22. The molecule has 5 nitrogen and oxygen atoms in total. The van der Waals surface area contributed by atoms with E-state index >= 15 is 0 Å². The Hall–Kier alpha value is -1.43. The molecule has 0 aliphatic heterocycles. The number of nitrogens with two attached hydrogens (primary N) is 2. The molecule has 0 saturated carbocycles. The first-order valence-electron chi connectivity index (χ1n) is 4.51. The SMILES string of the molecule is NOCc1ccc(CC(N)C(=O)O)cc1. The van der Waals surface area contributed by atoms with E-state index in [1.807, 2.05) is 24.3 Å². The summed E-state index contributed by atoms with van der Waals surface area (Å²) >= 11 is 0. The largest absolute Gasteiger partial charge is 0.480 e. The van der Waals surface area contributed by atoms with Crippen LogP contribution in [0.3, 0.4) is 0 Å². The molecule has 0 aliphatic carbocycles. The van der Waals surface area contributed by atoms with Crippen molar-refractivity contribution in [1.82, 2.24) is 0 Å². The van der Waals surface area contributed by atoms with Crippen molar-refractivity contribution in [3.05, 3.63) is 35.4 Å². The maximum atomic E-state index is 10.5. The number of carboxylic acids is 1. The van der Waals surface area contributed by atoms with E-state index in [2.05, 4.69) is 4.84 Å². The summed E-state index contributed by atoms with van der Waals surface area (Å²) in [5, 5.41) is 8.62. The summed E-state index contributed by atoms with van der Waals surface area (Å²) < 4.78 is 0. The summed E-state index contributed by atoms with van der Waals surface area (Å²) in [6.07, 6.45) is 0.319. The van der Waals surface area contributed by atoms with Crippen molar-refractivity contribution in [2.75, 3.05) is 0 Å². The van der Waals surface area contributed by atoms with Gasteiger partial charge in [0.25, 0.3) is 0 Å². The van der Waals surface area contributed by atoms with Gasteiger partial charge in [0.2, 0.25) is 0 Å². The lowest BCUT2D eigenvalue weighted by Crippen LogP contribution is -2.32. The second kappa shape index (κ2) is 5.45. The van der Waals surface area contributed by atoms with Gasteiger partial charge in [0, 0.05) is 0 Å². The van der Waals surface area contributed by atoms with Gasteiger partial charge in [-0.2, -0.15) is 0 Å². The molecule has 0 amide bonds. The van der Waals surface area contributed by atoms with Crippen LogP contribution in [0.4, 0.5) is 0 Å². The number of hydrogen-bond donors (Lipinski definition) is 3. The van der Waals surface area contributed by atoms with Crippen molar-refractivity contribution >= 4 is 5.97 Å². The summed E-state index contributed by atoms with van der Waals surface area (Å²) in [4.78, 5) is 15.0. The van der Waals surface area contributed by atoms with Crippen LogP contribution in [0, 0.1) is 0 Å². The van der Waals surface area contributed by atoms with E-state index in [0.717, 1.165) is 11.1 Å². The van der Waals surface area contributed by atoms with E-state index in [1.165, 1.54) is 0 Å². The van der Waals surface area contributed by atoms with Crippen molar-refractivity contribution < 1.29 is 14.7 Å². The van der Waals surface area contributed by atoms with Crippen LogP contribution < -0.4 is 11.6 Å². The van der Waals surface area contributed by atoms with E-state index in [-0.39, 0.29) is 0 Å².